The van der Waals surface area contributed by atoms with Crippen LogP contribution in [0.25, 0.3) is 11.1 Å². The number of hydrogen-bond donors (Lipinski definition) is 3. The lowest BCUT2D eigenvalue weighted by Gasteiger charge is -2.43. The molecule has 11 nitrogen and oxygen atoms in total. The summed E-state index contributed by atoms with van der Waals surface area (Å²) in [6, 6.07) is 13.1. The van der Waals surface area contributed by atoms with E-state index in [9.17, 15) is 19.2 Å². The highest BCUT2D eigenvalue weighted by Crippen LogP contribution is 2.31. The molecule has 256 valence electrons. The lowest BCUT2D eigenvalue weighted by atomic mass is 9.83. The Morgan fingerprint density at radius 1 is 0.979 bits per heavy atom. The predicted molar refractivity (Wildman–Crippen MR) is 183 cm³/mol. The zero-order chi connectivity index (χ0) is 33.6. The van der Waals surface area contributed by atoms with Crippen molar-refractivity contribution in [3.05, 3.63) is 59.1 Å². The molecule has 0 unspecified atom stereocenters. The maximum atomic E-state index is 14.4. The Bertz CT molecular complexity index is 1570. The average Bonchev–Trinajstić information content (AvgIpc) is 3.82. The number of aromatic nitrogens is 1. The Morgan fingerprint density at radius 3 is 2.44 bits per heavy atom. The van der Waals surface area contributed by atoms with E-state index < -0.39 is 29.8 Å². The lowest BCUT2D eigenvalue weighted by Crippen LogP contribution is -2.63. The van der Waals surface area contributed by atoms with Gasteiger partial charge < -0.3 is 25.3 Å². The van der Waals surface area contributed by atoms with Gasteiger partial charge in [-0.05, 0) is 67.9 Å². The Labute approximate surface area is 286 Å². The minimum absolute atomic E-state index is 0.0349. The van der Waals surface area contributed by atoms with Crippen molar-refractivity contribution in [3.8, 4) is 0 Å². The third-order valence-electron chi connectivity index (χ3n) is 9.71. The largest absolute Gasteiger partial charge is 0.424 e. The van der Waals surface area contributed by atoms with Crippen LogP contribution in [0.4, 0.5) is 6.01 Å². The molecule has 3 aliphatic rings. The number of benzene rings is 2. The first kappa shape index (κ1) is 33.9. The van der Waals surface area contributed by atoms with Crippen LogP contribution >= 0.6 is 11.6 Å². The fraction of sp³-hybridized carbons (Fsp3) is 0.528. The first-order chi connectivity index (χ1) is 23.3. The maximum Gasteiger partial charge on any atom is 0.296 e. The summed E-state index contributed by atoms with van der Waals surface area (Å²) in [4.78, 5) is 62.7. The van der Waals surface area contributed by atoms with Crippen LogP contribution in [0.1, 0.15) is 70.3 Å². The first-order valence-electron chi connectivity index (χ1n) is 17.3. The number of halogens is 1. The van der Waals surface area contributed by atoms with Gasteiger partial charge in [-0.3, -0.25) is 24.1 Å². The zero-order valence-electron chi connectivity index (χ0n) is 27.5. The van der Waals surface area contributed by atoms with Crippen LogP contribution in [-0.2, 0) is 25.7 Å². The summed E-state index contributed by atoms with van der Waals surface area (Å²) >= 11 is 6.14. The smallest absolute Gasteiger partial charge is 0.296 e. The number of carbonyl (C=O) groups is 4. The molecular weight excluding hydrogens is 632 g/mol. The number of piperazine rings is 1. The average molecular weight is 677 g/mol. The summed E-state index contributed by atoms with van der Waals surface area (Å²) in [6.45, 7) is 3.38. The van der Waals surface area contributed by atoms with Crippen LogP contribution in [0, 0.1) is 5.92 Å². The number of nitrogens with zero attached hydrogens (tertiary/aromatic N) is 3. The van der Waals surface area contributed by atoms with E-state index >= 15 is 0 Å². The van der Waals surface area contributed by atoms with Gasteiger partial charge in [-0.2, -0.15) is 4.98 Å². The van der Waals surface area contributed by atoms with Crippen molar-refractivity contribution in [2.45, 2.75) is 95.4 Å². The fourth-order valence-corrected chi connectivity index (χ4v) is 6.99. The number of para-hydroxylation sites is 2. The summed E-state index contributed by atoms with van der Waals surface area (Å²) in [6.07, 6.45) is 7.73. The number of carbonyl (C=O) groups excluding carboxylic acids is 4. The molecule has 1 aromatic heterocycles. The fourth-order valence-electron chi connectivity index (χ4n) is 6.86. The molecule has 2 aliphatic carbocycles. The molecule has 2 aromatic carbocycles. The molecule has 1 aliphatic heterocycles. The van der Waals surface area contributed by atoms with Crippen LogP contribution in [0.15, 0.2) is 52.9 Å². The summed E-state index contributed by atoms with van der Waals surface area (Å²) in [5.74, 6) is -1.68. The maximum absolute atomic E-state index is 14.4. The molecule has 3 amide bonds. The van der Waals surface area contributed by atoms with Gasteiger partial charge in [-0.25, -0.2) is 0 Å². The SMILES string of the molecule is CCC[C@H](NC(=O)[C@H]1CN(C(=O)[C@@H](Nc2nc3ccccc3o2)C2CCCCC2)CCN1Cc1ccc(Cl)cc1)C(=O)C(=O)NC1CC1. The third-order valence-corrected chi connectivity index (χ3v) is 9.96. The second kappa shape index (κ2) is 15.5. The Kier molecular flexibility index (Phi) is 11.0. The minimum atomic E-state index is -0.944. The van der Waals surface area contributed by atoms with E-state index in [-0.39, 0.29) is 30.3 Å². The van der Waals surface area contributed by atoms with Crippen molar-refractivity contribution in [2.75, 3.05) is 25.0 Å². The molecule has 3 fully saturated rings. The molecule has 2 heterocycles. The van der Waals surface area contributed by atoms with Crippen molar-refractivity contribution in [2.24, 2.45) is 5.92 Å². The van der Waals surface area contributed by atoms with Crippen molar-refractivity contribution in [1.82, 2.24) is 25.4 Å². The molecule has 48 heavy (non-hydrogen) atoms. The number of anilines is 1. The molecule has 12 heteroatoms. The molecule has 0 spiro atoms. The zero-order valence-corrected chi connectivity index (χ0v) is 28.2. The third kappa shape index (κ3) is 8.36. The second-order valence-electron chi connectivity index (χ2n) is 13.4. The van der Waals surface area contributed by atoms with E-state index in [4.69, 9.17) is 16.0 Å². The molecule has 3 N–H and O–H groups in total. The summed E-state index contributed by atoms with van der Waals surface area (Å²) < 4.78 is 5.97. The van der Waals surface area contributed by atoms with Gasteiger partial charge in [-0.1, -0.05) is 68.5 Å². The molecule has 6 rings (SSSR count). The van der Waals surface area contributed by atoms with Crippen molar-refractivity contribution < 1.29 is 23.6 Å². The van der Waals surface area contributed by atoms with E-state index in [1.54, 1.807) is 4.90 Å². The Balaban J connectivity index is 1.22. The van der Waals surface area contributed by atoms with Gasteiger partial charge in [0.05, 0.1) is 6.04 Å². The van der Waals surface area contributed by atoms with E-state index in [0.29, 0.717) is 54.6 Å². The Hall–Kier alpha value is -3.96. The van der Waals surface area contributed by atoms with Crippen molar-refractivity contribution in [3.63, 3.8) is 0 Å². The van der Waals surface area contributed by atoms with Gasteiger partial charge in [-0.15, -0.1) is 0 Å². The number of oxazole rings is 1. The number of Topliss-reactive ketones (excluding diaryl/α,β-unsaturated/α-hetero) is 1. The summed E-state index contributed by atoms with van der Waals surface area (Å²) in [5, 5.41) is 9.62. The van der Waals surface area contributed by atoms with E-state index in [2.05, 4.69) is 20.9 Å². The van der Waals surface area contributed by atoms with Crippen LogP contribution in [0.2, 0.25) is 5.02 Å². The van der Waals surface area contributed by atoms with Crippen molar-refractivity contribution in [1.29, 1.82) is 0 Å². The van der Waals surface area contributed by atoms with Crippen LogP contribution in [0.3, 0.4) is 0 Å². The summed E-state index contributed by atoms with van der Waals surface area (Å²) in [5.41, 5.74) is 2.33. The molecule has 2 saturated carbocycles. The number of ketones is 1. The number of nitrogens with one attached hydrogen (secondary N) is 3. The standard InChI is InChI=1S/C36H45ClN6O5/c1-2-8-28(32(44)34(46)38-26-17-18-26)39-33(45)29-22-43(20-19-42(29)21-23-13-15-25(37)16-14-23)35(47)31(24-9-4-3-5-10-24)41-36-40-27-11-6-7-12-30(27)48-36/h6-7,11-16,24,26,28-29,31H,2-5,8-10,17-22H2,1H3,(H,38,46)(H,39,45)(H,40,41)/t28-,29+,31-/m0/s1. The van der Waals surface area contributed by atoms with Gasteiger partial charge in [0, 0.05) is 37.2 Å². The van der Waals surface area contributed by atoms with Crippen LogP contribution in [0.5, 0.6) is 0 Å². The van der Waals surface area contributed by atoms with Gasteiger partial charge in [0.1, 0.15) is 17.6 Å². The number of fused-ring (bicyclic) bond motifs is 1. The molecule has 3 aromatic rings. The van der Waals surface area contributed by atoms with Crippen LogP contribution in [-0.4, -0.2) is 82.1 Å². The molecule has 0 radical (unpaired) electrons. The highest BCUT2D eigenvalue weighted by molar-refractivity contribution is 6.38. The number of rotatable bonds is 13. The molecule has 1 saturated heterocycles. The minimum Gasteiger partial charge on any atom is -0.424 e. The topological polar surface area (TPSA) is 137 Å². The van der Waals surface area contributed by atoms with E-state index in [0.717, 1.165) is 50.5 Å². The monoisotopic (exact) mass is 676 g/mol. The molecule has 0 bridgehead atoms. The van der Waals surface area contributed by atoms with Gasteiger partial charge in [0.2, 0.25) is 17.6 Å². The lowest BCUT2D eigenvalue weighted by molar-refractivity contribution is -0.143. The number of amides is 3. The van der Waals surface area contributed by atoms with Crippen LogP contribution < -0.4 is 16.0 Å². The van der Waals surface area contributed by atoms with E-state index in [1.807, 2.05) is 60.4 Å². The summed E-state index contributed by atoms with van der Waals surface area (Å²) in [7, 11) is 0. The highest BCUT2D eigenvalue weighted by Gasteiger charge is 2.41. The second-order valence-corrected chi connectivity index (χ2v) is 13.8. The van der Waals surface area contributed by atoms with Crippen molar-refractivity contribution >= 4 is 52.2 Å². The predicted octanol–water partition coefficient (Wildman–Crippen LogP) is 4.69. The van der Waals surface area contributed by atoms with Gasteiger partial charge in [0.15, 0.2) is 5.58 Å². The molecular formula is C36H45ClN6O5. The highest BCUT2D eigenvalue weighted by atomic mass is 35.5. The normalized spacial score (nSPS) is 20.2. The first-order valence-corrected chi connectivity index (χ1v) is 17.7. The van der Waals surface area contributed by atoms with E-state index in [1.165, 1.54) is 0 Å². The molecule has 3 atom stereocenters. The van der Waals surface area contributed by atoms with Gasteiger partial charge in [0.25, 0.3) is 11.9 Å². The van der Waals surface area contributed by atoms with Gasteiger partial charge >= 0.3 is 0 Å². The quantitative estimate of drug-likeness (QED) is 0.222. The number of hydrogen-bond acceptors (Lipinski definition) is 8. The Morgan fingerprint density at radius 2 is 1.73 bits per heavy atom.